The van der Waals surface area contributed by atoms with Crippen LogP contribution in [-0.4, -0.2) is 28.1 Å². The minimum Gasteiger partial charge on any atom is -0.493 e. The number of methoxy groups -OCH3 is 2. The van der Waals surface area contributed by atoms with E-state index in [4.69, 9.17) is 18.9 Å². The van der Waals surface area contributed by atoms with Gasteiger partial charge in [0, 0.05) is 11.6 Å². The molecule has 0 saturated heterocycles. The molecule has 1 atom stereocenters. The summed E-state index contributed by atoms with van der Waals surface area (Å²) in [6, 6.07) is 10.2. The summed E-state index contributed by atoms with van der Waals surface area (Å²) in [5.74, 6) is 2.92. The highest BCUT2D eigenvalue weighted by molar-refractivity contribution is 5.77. The van der Waals surface area contributed by atoms with Crippen molar-refractivity contribution in [3.63, 3.8) is 0 Å². The quantitative estimate of drug-likeness (QED) is 0.916. The van der Waals surface area contributed by atoms with Crippen molar-refractivity contribution in [1.29, 1.82) is 0 Å². The molecule has 2 aromatic rings. The van der Waals surface area contributed by atoms with Crippen molar-refractivity contribution in [2.24, 2.45) is 0 Å². The molecular weight excluding hydrogens is 294 g/mol. The van der Waals surface area contributed by atoms with Gasteiger partial charge in [0.15, 0.2) is 23.0 Å². The average Bonchev–Trinajstić information content (AvgIpc) is 3.07. The number of hydrogen-bond donors (Lipinski definition) is 1. The molecule has 0 aliphatic carbocycles. The van der Waals surface area contributed by atoms with Crippen LogP contribution in [0.15, 0.2) is 30.3 Å². The first-order valence-electron chi connectivity index (χ1n) is 7.51. The zero-order valence-corrected chi connectivity index (χ0v) is 13.8. The molecule has 5 nitrogen and oxygen atoms in total. The third kappa shape index (κ3) is 2.80. The Balaban J connectivity index is 2.16. The Kier molecular flexibility index (Phi) is 4.30. The lowest BCUT2D eigenvalue weighted by Crippen LogP contribution is -2.12. The second kappa shape index (κ2) is 6.38. The number of hydrogen-bond acceptors (Lipinski definition) is 5. The maximum atomic E-state index is 5.59. The summed E-state index contributed by atoms with van der Waals surface area (Å²) >= 11 is 0. The Morgan fingerprint density at radius 2 is 1.83 bits per heavy atom. The molecule has 1 aliphatic rings. The third-order valence-corrected chi connectivity index (χ3v) is 4.12. The number of benzene rings is 2. The third-order valence-electron chi connectivity index (χ3n) is 4.12. The fourth-order valence-electron chi connectivity index (χ4n) is 2.68. The van der Waals surface area contributed by atoms with Crippen molar-refractivity contribution < 1.29 is 18.9 Å². The van der Waals surface area contributed by atoms with Crippen molar-refractivity contribution >= 4 is 0 Å². The van der Waals surface area contributed by atoms with E-state index in [1.807, 2.05) is 31.3 Å². The summed E-state index contributed by atoms with van der Waals surface area (Å²) in [6.07, 6.45) is 0. The molecule has 0 spiro atoms. The first-order chi connectivity index (χ1) is 11.2. The minimum absolute atomic E-state index is 0.197. The van der Waals surface area contributed by atoms with Crippen LogP contribution in [0.3, 0.4) is 0 Å². The second-order valence-corrected chi connectivity index (χ2v) is 5.38. The van der Waals surface area contributed by atoms with E-state index in [2.05, 4.69) is 18.3 Å². The molecule has 1 heterocycles. The van der Waals surface area contributed by atoms with Crippen LogP contribution in [0.2, 0.25) is 0 Å². The normalized spacial score (nSPS) is 13.7. The lowest BCUT2D eigenvalue weighted by molar-refractivity contribution is 0.174. The van der Waals surface area contributed by atoms with Gasteiger partial charge < -0.3 is 24.3 Å². The lowest BCUT2D eigenvalue weighted by Gasteiger charge is -2.18. The smallest absolute Gasteiger partial charge is 0.231 e. The number of ether oxygens (including phenoxy) is 4. The van der Waals surface area contributed by atoms with Gasteiger partial charge in [-0.3, -0.25) is 0 Å². The SMILES string of the molecule is CNC(C)c1cc(OC)c(OC)c(-c2ccc3c(c2)OCO3)c1. The van der Waals surface area contributed by atoms with Gasteiger partial charge in [0.25, 0.3) is 0 Å². The summed E-state index contributed by atoms with van der Waals surface area (Å²) in [4.78, 5) is 0. The fourth-order valence-corrected chi connectivity index (χ4v) is 2.68. The van der Waals surface area contributed by atoms with E-state index in [1.165, 1.54) is 0 Å². The Hall–Kier alpha value is -2.40. The van der Waals surface area contributed by atoms with Crippen LogP contribution in [0.25, 0.3) is 11.1 Å². The zero-order chi connectivity index (χ0) is 16.4. The van der Waals surface area contributed by atoms with E-state index >= 15 is 0 Å². The van der Waals surface area contributed by atoms with Gasteiger partial charge in [0.1, 0.15) is 0 Å². The highest BCUT2D eigenvalue weighted by atomic mass is 16.7. The van der Waals surface area contributed by atoms with Crippen LogP contribution < -0.4 is 24.3 Å². The van der Waals surface area contributed by atoms with E-state index in [-0.39, 0.29) is 12.8 Å². The second-order valence-electron chi connectivity index (χ2n) is 5.38. The standard InChI is InChI=1S/C18H21NO4/c1-11(19-2)13-7-14(18(21-4)17(9-13)20-3)12-5-6-15-16(8-12)23-10-22-15/h5-9,11,19H,10H2,1-4H3. The van der Waals surface area contributed by atoms with E-state index in [0.717, 1.165) is 28.2 Å². The van der Waals surface area contributed by atoms with Gasteiger partial charge in [0.05, 0.1) is 14.2 Å². The van der Waals surface area contributed by atoms with Crippen molar-refractivity contribution in [2.75, 3.05) is 28.1 Å². The van der Waals surface area contributed by atoms with Crippen molar-refractivity contribution in [3.8, 4) is 34.1 Å². The van der Waals surface area contributed by atoms with E-state index in [0.29, 0.717) is 11.5 Å². The number of rotatable bonds is 5. The first kappa shape index (κ1) is 15.5. The molecule has 1 aliphatic heterocycles. The van der Waals surface area contributed by atoms with Crippen LogP contribution in [0, 0.1) is 0 Å². The molecule has 122 valence electrons. The Labute approximate surface area is 136 Å². The van der Waals surface area contributed by atoms with E-state index in [1.54, 1.807) is 14.2 Å². The summed E-state index contributed by atoms with van der Waals surface area (Å²) < 4.78 is 22.0. The maximum absolute atomic E-state index is 5.59. The highest BCUT2D eigenvalue weighted by Crippen LogP contribution is 2.43. The van der Waals surface area contributed by atoms with Gasteiger partial charge in [-0.15, -0.1) is 0 Å². The van der Waals surface area contributed by atoms with Crippen LogP contribution >= 0.6 is 0 Å². The largest absolute Gasteiger partial charge is 0.493 e. The Morgan fingerprint density at radius 1 is 1.04 bits per heavy atom. The van der Waals surface area contributed by atoms with Gasteiger partial charge in [-0.1, -0.05) is 6.07 Å². The van der Waals surface area contributed by atoms with E-state index < -0.39 is 0 Å². The monoisotopic (exact) mass is 315 g/mol. The van der Waals surface area contributed by atoms with Crippen molar-refractivity contribution in [3.05, 3.63) is 35.9 Å². The molecule has 1 N–H and O–H groups in total. The molecule has 1 unspecified atom stereocenters. The van der Waals surface area contributed by atoms with Gasteiger partial charge >= 0.3 is 0 Å². The zero-order valence-electron chi connectivity index (χ0n) is 13.8. The molecule has 3 rings (SSSR count). The van der Waals surface area contributed by atoms with Gasteiger partial charge in [-0.25, -0.2) is 0 Å². The molecule has 23 heavy (non-hydrogen) atoms. The van der Waals surface area contributed by atoms with Crippen LogP contribution in [0.1, 0.15) is 18.5 Å². The van der Waals surface area contributed by atoms with E-state index in [9.17, 15) is 0 Å². The van der Waals surface area contributed by atoms with Crippen LogP contribution in [0.4, 0.5) is 0 Å². The minimum atomic E-state index is 0.197. The van der Waals surface area contributed by atoms with Gasteiger partial charge in [-0.05, 0) is 49.4 Å². The molecule has 0 bridgehead atoms. The Bertz CT molecular complexity index is 714. The van der Waals surface area contributed by atoms with Crippen LogP contribution in [0.5, 0.6) is 23.0 Å². The van der Waals surface area contributed by atoms with Crippen molar-refractivity contribution in [1.82, 2.24) is 5.32 Å². The van der Waals surface area contributed by atoms with Gasteiger partial charge in [-0.2, -0.15) is 0 Å². The Morgan fingerprint density at radius 3 is 2.52 bits per heavy atom. The summed E-state index contributed by atoms with van der Waals surface area (Å²) in [7, 11) is 5.23. The fraction of sp³-hybridized carbons (Fsp3) is 0.333. The molecular formula is C18H21NO4. The molecule has 0 radical (unpaired) electrons. The number of fused-ring (bicyclic) bond motifs is 1. The molecule has 0 fully saturated rings. The summed E-state index contributed by atoms with van der Waals surface area (Å²) in [5, 5.41) is 3.25. The summed E-state index contributed by atoms with van der Waals surface area (Å²) in [5.41, 5.74) is 3.08. The first-order valence-corrected chi connectivity index (χ1v) is 7.51. The summed E-state index contributed by atoms with van der Waals surface area (Å²) in [6.45, 7) is 2.36. The predicted molar refractivity (Wildman–Crippen MR) is 88.6 cm³/mol. The molecule has 0 aromatic heterocycles. The maximum Gasteiger partial charge on any atom is 0.231 e. The average molecular weight is 315 g/mol. The predicted octanol–water partition coefficient (Wildman–Crippen LogP) is 3.38. The molecule has 0 amide bonds. The molecule has 2 aromatic carbocycles. The molecule has 5 heteroatoms. The topological polar surface area (TPSA) is 49.0 Å². The lowest BCUT2D eigenvalue weighted by atomic mass is 9.98. The van der Waals surface area contributed by atoms with Gasteiger partial charge in [0.2, 0.25) is 6.79 Å². The van der Waals surface area contributed by atoms with Crippen molar-refractivity contribution in [2.45, 2.75) is 13.0 Å². The number of nitrogens with one attached hydrogen (secondary N) is 1. The highest BCUT2D eigenvalue weighted by Gasteiger charge is 2.19. The molecule has 0 saturated carbocycles. The van der Waals surface area contributed by atoms with Crippen LogP contribution in [-0.2, 0) is 0 Å².